The van der Waals surface area contributed by atoms with Gasteiger partial charge in [-0.05, 0) is 45.1 Å². The van der Waals surface area contributed by atoms with Crippen LogP contribution >= 0.6 is 11.3 Å². The molecule has 2 aliphatic rings. The Kier molecular flexibility index (Phi) is 5.57. The first-order valence-electron chi connectivity index (χ1n) is 11.5. The second kappa shape index (κ2) is 8.39. The molecule has 0 aliphatic carbocycles. The van der Waals surface area contributed by atoms with Crippen molar-refractivity contribution in [3.63, 3.8) is 0 Å². The van der Waals surface area contributed by atoms with Gasteiger partial charge in [0.15, 0.2) is 10.9 Å². The number of anilines is 1. The molecule has 2 fully saturated rings. The van der Waals surface area contributed by atoms with E-state index in [0.29, 0.717) is 18.8 Å². The number of benzene rings is 1. The Hall–Kier alpha value is -2.61. The molecule has 0 bridgehead atoms. The summed E-state index contributed by atoms with van der Waals surface area (Å²) in [4.78, 5) is 36.6. The molecule has 0 radical (unpaired) electrons. The van der Waals surface area contributed by atoms with Crippen LogP contribution in [0.5, 0.6) is 0 Å². The number of carbonyl (C=O) groups is 2. The summed E-state index contributed by atoms with van der Waals surface area (Å²) in [6.07, 6.45) is 4.90. The van der Waals surface area contributed by atoms with Gasteiger partial charge >= 0.3 is 0 Å². The molecule has 2 aromatic heterocycles. The van der Waals surface area contributed by atoms with Crippen molar-refractivity contribution < 1.29 is 14.0 Å². The normalized spacial score (nSPS) is 18.0. The van der Waals surface area contributed by atoms with Crippen molar-refractivity contribution in [3.05, 3.63) is 23.5 Å². The zero-order valence-corrected chi connectivity index (χ0v) is 19.8. The molecule has 0 atom stereocenters. The van der Waals surface area contributed by atoms with Crippen molar-refractivity contribution in [3.8, 4) is 0 Å². The van der Waals surface area contributed by atoms with Crippen LogP contribution < -0.4 is 4.90 Å². The van der Waals surface area contributed by atoms with Gasteiger partial charge in [-0.3, -0.25) is 9.59 Å². The van der Waals surface area contributed by atoms with E-state index in [-0.39, 0.29) is 17.7 Å². The van der Waals surface area contributed by atoms with Crippen LogP contribution in [0.15, 0.2) is 16.5 Å². The number of aryl methyl sites for hydroxylation is 1. The highest BCUT2D eigenvalue weighted by Crippen LogP contribution is 2.35. The van der Waals surface area contributed by atoms with Gasteiger partial charge < -0.3 is 19.1 Å². The number of hydrogen-bond acceptors (Lipinski definition) is 6. The molecule has 0 N–H and O–H groups in total. The highest BCUT2D eigenvalue weighted by Gasteiger charge is 2.32. The van der Waals surface area contributed by atoms with E-state index in [1.807, 2.05) is 47.9 Å². The molecule has 3 aromatic rings. The Morgan fingerprint density at radius 3 is 2.47 bits per heavy atom. The fourth-order valence-corrected chi connectivity index (χ4v) is 5.77. The van der Waals surface area contributed by atoms with E-state index in [2.05, 4.69) is 4.98 Å². The van der Waals surface area contributed by atoms with Crippen molar-refractivity contribution in [2.75, 3.05) is 45.2 Å². The lowest BCUT2D eigenvalue weighted by atomic mass is 9.94. The quantitative estimate of drug-likeness (QED) is 0.591. The lowest BCUT2D eigenvalue weighted by Crippen LogP contribution is -2.45. The van der Waals surface area contributed by atoms with Gasteiger partial charge in [-0.1, -0.05) is 11.3 Å². The topological polar surface area (TPSA) is 69.9 Å². The Morgan fingerprint density at radius 1 is 1.06 bits per heavy atom. The fourth-order valence-electron chi connectivity index (χ4n) is 4.87. The van der Waals surface area contributed by atoms with Crippen LogP contribution in [0.1, 0.15) is 48.2 Å². The first-order valence-corrected chi connectivity index (χ1v) is 12.3. The third-order valence-electron chi connectivity index (χ3n) is 6.81. The maximum Gasteiger partial charge on any atom is 0.289 e. The summed E-state index contributed by atoms with van der Waals surface area (Å²) in [5.74, 6) is 0.651. The Balaban J connectivity index is 1.31. The zero-order valence-electron chi connectivity index (χ0n) is 19.0. The number of piperidine rings is 2. The second-order valence-corrected chi connectivity index (χ2v) is 10.2. The SMILES string of the molecule is Cc1c(C(=O)N2CCC(C(=O)N3CCCCC3)CC2)oc2cc3sc(N(C)C)nc3cc12. The average Bonchev–Trinajstić information content (AvgIpc) is 3.38. The van der Waals surface area contributed by atoms with Crippen LogP contribution in [0.4, 0.5) is 5.13 Å². The molecule has 170 valence electrons. The van der Waals surface area contributed by atoms with Gasteiger partial charge in [0.25, 0.3) is 5.91 Å². The number of carbonyl (C=O) groups excluding carboxylic acids is 2. The number of amides is 2. The maximum absolute atomic E-state index is 13.3. The summed E-state index contributed by atoms with van der Waals surface area (Å²) >= 11 is 1.61. The van der Waals surface area contributed by atoms with Crippen molar-refractivity contribution in [1.82, 2.24) is 14.8 Å². The van der Waals surface area contributed by atoms with Gasteiger partial charge in [-0.2, -0.15) is 0 Å². The van der Waals surface area contributed by atoms with Crippen molar-refractivity contribution in [1.29, 1.82) is 0 Å². The second-order valence-electron chi connectivity index (χ2n) is 9.22. The first kappa shape index (κ1) is 21.2. The lowest BCUT2D eigenvalue weighted by molar-refractivity contribution is -0.137. The molecule has 2 aliphatic heterocycles. The first-order chi connectivity index (χ1) is 15.4. The highest BCUT2D eigenvalue weighted by atomic mass is 32.1. The van der Waals surface area contributed by atoms with Gasteiger partial charge in [-0.15, -0.1) is 0 Å². The monoisotopic (exact) mass is 454 g/mol. The van der Waals surface area contributed by atoms with Crippen LogP contribution in [0.25, 0.3) is 21.2 Å². The number of furan rings is 1. The molecule has 8 heteroatoms. The van der Waals surface area contributed by atoms with Crippen LogP contribution in [0, 0.1) is 12.8 Å². The molecule has 0 unspecified atom stereocenters. The molecule has 7 nitrogen and oxygen atoms in total. The van der Waals surface area contributed by atoms with Crippen LogP contribution in [-0.2, 0) is 4.79 Å². The largest absolute Gasteiger partial charge is 0.451 e. The Morgan fingerprint density at radius 2 is 1.78 bits per heavy atom. The van der Waals surface area contributed by atoms with E-state index in [9.17, 15) is 9.59 Å². The minimum Gasteiger partial charge on any atom is -0.451 e. The van der Waals surface area contributed by atoms with Gasteiger partial charge in [-0.25, -0.2) is 4.98 Å². The van der Waals surface area contributed by atoms with E-state index < -0.39 is 0 Å². The Labute approximate surface area is 192 Å². The highest BCUT2D eigenvalue weighted by molar-refractivity contribution is 7.22. The van der Waals surface area contributed by atoms with E-state index in [4.69, 9.17) is 4.42 Å². The summed E-state index contributed by atoms with van der Waals surface area (Å²) in [6.45, 7) is 4.92. The van der Waals surface area contributed by atoms with Crippen LogP contribution in [0.3, 0.4) is 0 Å². The number of nitrogens with zero attached hydrogens (tertiary/aromatic N) is 4. The van der Waals surface area contributed by atoms with Crippen molar-refractivity contribution in [2.24, 2.45) is 5.92 Å². The van der Waals surface area contributed by atoms with Gasteiger partial charge in [0.1, 0.15) is 5.58 Å². The smallest absolute Gasteiger partial charge is 0.289 e. The van der Waals surface area contributed by atoms with Gasteiger partial charge in [0.05, 0.1) is 10.2 Å². The number of hydrogen-bond donors (Lipinski definition) is 0. The molecular formula is C24H30N4O3S. The van der Waals surface area contributed by atoms with Gasteiger partial charge in [0, 0.05) is 63.2 Å². The van der Waals surface area contributed by atoms with E-state index in [0.717, 1.165) is 70.7 Å². The lowest BCUT2D eigenvalue weighted by Gasteiger charge is -2.35. The minimum atomic E-state index is -0.0761. The van der Waals surface area contributed by atoms with E-state index >= 15 is 0 Å². The number of likely N-dealkylation sites (tertiary alicyclic amines) is 2. The zero-order chi connectivity index (χ0) is 22.4. The molecular weight excluding hydrogens is 424 g/mol. The molecule has 2 saturated heterocycles. The summed E-state index contributed by atoms with van der Waals surface area (Å²) in [7, 11) is 3.96. The number of fused-ring (bicyclic) bond motifs is 2. The molecule has 0 saturated carbocycles. The average molecular weight is 455 g/mol. The van der Waals surface area contributed by atoms with Gasteiger partial charge in [0.2, 0.25) is 5.91 Å². The van der Waals surface area contributed by atoms with E-state index in [1.165, 1.54) is 6.42 Å². The molecule has 1 aromatic carbocycles. The fraction of sp³-hybridized carbons (Fsp3) is 0.542. The summed E-state index contributed by atoms with van der Waals surface area (Å²) in [5.41, 5.74) is 2.51. The third kappa shape index (κ3) is 3.74. The van der Waals surface area contributed by atoms with Crippen LogP contribution in [-0.4, -0.2) is 66.9 Å². The summed E-state index contributed by atoms with van der Waals surface area (Å²) in [5, 5.41) is 1.88. The number of aromatic nitrogens is 1. The standard InChI is InChI=1S/C24H30N4O3S/c1-15-17-13-18-20(32-24(25-18)26(2)3)14-19(17)31-21(15)23(30)28-11-7-16(8-12-28)22(29)27-9-5-4-6-10-27/h13-14,16H,4-12H2,1-3H3. The van der Waals surface area contributed by atoms with Crippen molar-refractivity contribution in [2.45, 2.75) is 39.0 Å². The molecule has 4 heterocycles. The molecule has 32 heavy (non-hydrogen) atoms. The molecule has 0 spiro atoms. The van der Waals surface area contributed by atoms with E-state index in [1.54, 1.807) is 11.3 Å². The minimum absolute atomic E-state index is 0.0395. The predicted molar refractivity (Wildman–Crippen MR) is 128 cm³/mol. The summed E-state index contributed by atoms with van der Waals surface area (Å²) < 4.78 is 7.11. The van der Waals surface area contributed by atoms with Crippen LogP contribution in [0.2, 0.25) is 0 Å². The third-order valence-corrected chi connectivity index (χ3v) is 8.00. The Bertz CT molecular complexity index is 1170. The molecule has 2 amide bonds. The molecule has 5 rings (SSSR count). The maximum atomic E-state index is 13.3. The predicted octanol–water partition coefficient (Wildman–Crippen LogP) is 4.28. The number of rotatable bonds is 3. The van der Waals surface area contributed by atoms with Crippen molar-refractivity contribution >= 4 is 49.5 Å². The summed E-state index contributed by atoms with van der Waals surface area (Å²) in [6, 6.07) is 4.01. The number of thiazole rings is 1.